The first-order valence-corrected chi connectivity index (χ1v) is 4.74. The molecule has 0 aromatic carbocycles. The second kappa shape index (κ2) is 5.46. The van der Waals surface area contributed by atoms with Gasteiger partial charge in [-0.3, -0.25) is 4.90 Å². The maximum atomic E-state index is 12.5. The maximum absolute atomic E-state index is 12.5. The van der Waals surface area contributed by atoms with Crippen molar-refractivity contribution < 1.29 is 8.78 Å². The molecular weight excluding hydrogens is 160 g/mol. The normalized spacial score (nSPS) is 21.8. The molecule has 0 N–H and O–H groups in total. The molecule has 3 heteroatoms. The average molecular weight is 179 g/mol. The molecule has 0 radical (unpaired) electrons. The molecule has 1 rings (SSSR count). The Bertz CT molecular complexity index is 115. The second-order valence-corrected chi connectivity index (χ2v) is 2.88. The van der Waals surface area contributed by atoms with Crippen molar-refractivity contribution in [2.75, 3.05) is 19.6 Å². The van der Waals surface area contributed by atoms with Crippen molar-refractivity contribution in [1.82, 2.24) is 4.90 Å². The molecule has 0 amide bonds. The molecule has 0 aromatic rings. The van der Waals surface area contributed by atoms with E-state index < -0.39 is 5.92 Å². The van der Waals surface area contributed by atoms with Gasteiger partial charge in [0.05, 0.1) is 6.54 Å². The van der Waals surface area contributed by atoms with Crippen LogP contribution in [-0.4, -0.2) is 30.5 Å². The zero-order valence-electron chi connectivity index (χ0n) is 8.24. The maximum Gasteiger partial charge on any atom is 0.261 e. The van der Waals surface area contributed by atoms with Gasteiger partial charge in [-0.05, 0) is 13.0 Å². The second-order valence-electron chi connectivity index (χ2n) is 2.88. The minimum absolute atomic E-state index is 0.0269. The quantitative estimate of drug-likeness (QED) is 0.630. The van der Waals surface area contributed by atoms with Gasteiger partial charge in [0.2, 0.25) is 0 Å². The molecule has 0 atom stereocenters. The Hall–Kier alpha value is -0.180. The summed E-state index contributed by atoms with van der Waals surface area (Å²) in [4.78, 5) is 1.82. The van der Waals surface area contributed by atoms with E-state index in [1.165, 1.54) is 0 Å². The van der Waals surface area contributed by atoms with Crippen molar-refractivity contribution in [3.05, 3.63) is 0 Å². The van der Waals surface area contributed by atoms with E-state index in [9.17, 15) is 8.78 Å². The van der Waals surface area contributed by atoms with Crippen LogP contribution < -0.4 is 0 Å². The highest BCUT2D eigenvalue weighted by molar-refractivity contribution is 4.80. The Morgan fingerprint density at radius 3 is 2.25 bits per heavy atom. The Balaban J connectivity index is 0.000000561. The van der Waals surface area contributed by atoms with Crippen molar-refractivity contribution in [1.29, 1.82) is 0 Å². The van der Waals surface area contributed by atoms with Crippen LogP contribution in [0.4, 0.5) is 8.78 Å². The lowest BCUT2D eigenvalue weighted by molar-refractivity contribution is 0.0123. The van der Waals surface area contributed by atoms with Gasteiger partial charge in [-0.25, -0.2) is 8.78 Å². The summed E-state index contributed by atoms with van der Waals surface area (Å²) in [6.07, 6.45) is 1.02. The molecule has 0 aliphatic carbocycles. The molecular formula is C9H19F2N. The van der Waals surface area contributed by atoms with Crippen LogP contribution >= 0.6 is 0 Å². The van der Waals surface area contributed by atoms with E-state index in [-0.39, 0.29) is 13.0 Å². The van der Waals surface area contributed by atoms with E-state index in [0.29, 0.717) is 6.54 Å². The van der Waals surface area contributed by atoms with Crippen LogP contribution in [0.25, 0.3) is 0 Å². The van der Waals surface area contributed by atoms with Crippen LogP contribution in [0.15, 0.2) is 0 Å². The van der Waals surface area contributed by atoms with Crippen molar-refractivity contribution in [3.63, 3.8) is 0 Å². The lowest BCUT2D eigenvalue weighted by Crippen LogP contribution is -2.25. The fourth-order valence-electron chi connectivity index (χ4n) is 1.31. The SMILES string of the molecule is CC.CCCN1CCC(F)(F)C1. The van der Waals surface area contributed by atoms with Crippen LogP contribution in [0.3, 0.4) is 0 Å². The van der Waals surface area contributed by atoms with Crippen molar-refractivity contribution in [3.8, 4) is 0 Å². The Morgan fingerprint density at radius 2 is 1.92 bits per heavy atom. The summed E-state index contributed by atoms with van der Waals surface area (Å²) in [5.74, 6) is -2.41. The zero-order valence-corrected chi connectivity index (χ0v) is 8.24. The van der Waals surface area contributed by atoms with Crippen molar-refractivity contribution in [2.24, 2.45) is 0 Å². The molecule has 0 bridgehead atoms. The van der Waals surface area contributed by atoms with Gasteiger partial charge < -0.3 is 0 Å². The van der Waals surface area contributed by atoms with Crippen LogP contribution in [0.2, 0.25) is 0 Å². The predicted molar refractivity (Wildman–Crippen MR) is 47.6 cm³/mol. The molecule has 0 spiro atoms. The van der Waals surface area contributed by atoms with Gasteiger partial charge in [0.15, 0.2) is 0 Å². The molecule has 12 heavy (non-hydrogen) atoms. The van der Waals surface area contributed by atoms with Gasteiger partial charge in [-0.15, -0.1) is 0 Å². The number of rotatable bonds is 2. The standard InChI is InChI=1S/C7H13F2N.C2H6/c1-2-4-10-5-3-7(8,9)6-10;1-2/h2-6H2,1H3;1-2H3. The molecule has 0 unspecified atom stereocenters. The highest BCUT2D eigenvalue weighted by atomic mass is 19.3. The fraction of sp³-hybridized carbons (Fsp3) is 1.00. The third-order valence-corrected chi connectivity index (χ3v) is 1.79. The minimum atomic E-state index is -2.41. The molecule has 1 fully saturated rings. The van der Waals surface area contributed by atoms with E-state index in [4.69, 9.17) is 0 Å². The van der Waals surface area contributed by atoms with Crippen LogP contribution in [0.1, 0.15) is 33.6 Å². The average Bonchev–Trinajstić information content (AvgIpc) is 2.35. The molecule has 1 nitrogen and oxygen atoms in total. The van der Waals surface area contributed by atoms with Crippen LogP contribution in [-0.2, 0) is 0 Å². The van der Waals surface area contributed by atoms with E-state index in [0.717, 1.165) is 13.0 Å². The first-order valence-electron chi connectivity index (χ1n) is 4.74. The number of likely N-dealkylation sites (tertiary alicyclic amines) is 1. The van der Waals surface area contributed by atoms with Crippen LogP contribution in [0.5, 0.6) is 0 Å². The molecule has 0 saturated carbocycles. The monoisotopic (exact) mass is 179 g/mol. The van der Waals surface area contributed by atoms with Gasteiger partial charge in [-0.1, -0.05) is 20.8 Å². The number of hydrogen-bond acceptors (Lipinski definition) is 1. The number of hydrogen-bond donors (Lipinski definition) is 0. The zero-order chi connectivity index (χ0) is 9.61. The summed E-state index contributed by atoms with van der Waals surface area (Å²) < 4.78 is 25.0. The lowest BCUT2D eigenvalue weighted by Gasteiger charge is -2.13. The van der Waals surface area contributed by atoms with E-state index in [1.807, 2.05) is 25.7 Å². The van der Waals surface area contributed by atoms with Gasteiger partial charge in [0.25, 0.3) is 5.92 Å². The van der Waals surface area contributed by atoms with Gasteiger partial charge in [0.1, 0.15) is 0 Å². The van der Waals surface area contributed by atoms with Crippen LogP contribution in [0, 0.1) is 0 Å². The largest absolute Gasteiger partial charge is 0.297 e. The first-order chi connectivity index (χ1) is 5.64. The van der Waals surface area contributed by atoms with Gasteiger partial charge >= 0.3 is 0 Å². The molecule has 74 valence electrons. The third kappa shape index (κ3) is 4.00. The Kier molecular flexibility index (Phi) is 5.38. The summed E-state index contributed by atoms with van der Waals surface area (Å²) in [5, 5.41) is 0. The Morgan fingerprint density at radius 1 is 1.33 bits per heavy atom. The van der Waals surface area contributed by atoms with Gasteiger partial charge in [-0.2, -0.15) is 0 Å². The number of alkyl halides is 2. The summed E-state index contributed by atoms with van der Waals surface area (Å²) in [5.41, 5.74) is 0. The third-order valence-electron chi connectivity index (χ3n) is 1.79. The topological polar surface area (TPSA) is 3.24 Å². The van der Waals surface area contributed by atoms with Crippen molar-refractivity contribution >= 4 is 0 Å². The van der Waals surface area contributed by atoms with Crippen molar-refractivity contribution in [2.45, 2.75) is 39.5 Å². The molecule has 0 aromatic heterocycles. The minimum Gasteiger partial charge on any atom is -0.297 e. The fourth-order valence-corrected chi connectivity index (χ4v) is 1.31. The van der Waals surface area contributed by atoms with E-state index in [2.05, 4.69) is 0 Å². The molecule has 1 aliphatic heterocycles. The Labute approximate surface area is 73.7 Å². The summed E-state index contributed by atoms with van der Waals surface area (Å²) >= 11 is 0. The number of nitrogens with zero attached hydrogens (tertiary/aromatic N) is 1. The highest BCUT2D eigenvalue weighted by Crippen LogP contribution is 2.26. The van der Waals surface area contributed by atoms with E-state index >= 15 is 0 Å². The van der Waals surface area contributed by atoms with Gasteiger partial charge in [0, 0.05) is 13.0 Å². The van der Waals surface area contributed by atoms with E-state index in [1.54, 1.807) is 0 Å². The molecule has 1 saturated heterocycles. The molecule has 1 heterocycles. The summed E-state index contributed by atoms with van der Waals surface area (Å²) in [6, 6.07) is 0. The summed E-state index contributed by atoms with van der Waals surface area (Å²) in [6.45, 7) is 7.37. The molecule has 1 aliphatic rings. The smallest absolute Gasteiger partial charge is 0.261 e. The summed E-state index contributed by atoms with van der Waals surface area (Å²) in [7, 11) is 0. The highest BCUT2D eigenvalue weighted by Gasteiger charge is 2.37. The predicted octanol–water partition coefficient (Wildman–Crippen LogP) is 2.76. The lowest BCUT2D eigenvalue weighted by atomic mass is 10.3. The number of halogens is 2. The first kappa shape index (κ1) is 11.8.